The third-order valence-electron chi connectivity index (χ3n) is 3.82. The van der Waals surface area contributed by atoms with Gasteiger partial charge in [-0.3, -0.25) is 4.79 Å². The van der Waals surface area contributed by atoms with Gasteiger partial charge in [0.1, 0.15) is 6.04 Å². The molecule has 1 aromatic rings. The van der Waals surface area contributed by atoms with Crippen molar-refractivity contribution in [1.82, 2.24) is 5.32 Å². The first-order valence-electron chi connectivity index (χ1n) is 7.01. The van der Waals surface area contributed by atoms with Crippen LogP contribution in [0.15, 0.2) is 24.3 Å². The Balaban J connectivity index is 2.01. The highest BCUT2D eigenvalue weighted by Gasteiger charge is 2.22. The Morgan fingerprint density at radius 3 is 3.05 bits per heavy atom. The summed E-state index contributed by atoms with van der Waals surface area (Å²) >= 11 is 0. The number of amides is 1. The summed E-state index contributed by atoms with van der Waals surface area (Å²) < 4.78 is 0. The Labute approximate surface area is 114 Å². The van der Waals surface area contributed by atoms with Crippen LogP contribution in [0, 0.1) is 11.3 Å². The van der Waals surface area contributed by atoms with Gasteiger partial charge in [0, 0.05) is 6.42 Å². The summed E-state index contributed by atoms with van der Waals surface area (Å²) in [6.07, 6.45) is 4.47. The van der Waals surface area contributed by atoms with Gasteiger partial charge in [-0.1, -0.05) is 31.2 Å². The van der Waals surface area contributed by atoms with Crippen LogP contribution in [0.5, 0.6) is 0 Å². The zero-order valence-corrected chi connectivity index (χ0v) is 11.4. The van der Waals surface area contributed by atoms with E-state index in [1.165, 1.54) is 11.1 Å². The molecule has 0 saturated heterocycles. The van der Waals surface area contributed by atoms with Crippen molar-refractivity contribution in [3.8, 4) is 6.07 Å². The van der Waals surface area contributed by atoms with E-state index in [4.69, 9.17) is 5.26 Å². The highest BCUT2D eigenvalue weighted by molar-refractivity contribution is 5.77. The molecule has 0 aliphatic heterocycles. The summed E-state index contributed by atoms with van der Waals surface area (Å²) in [7, 11) is 0. The first-order chi connectivity index (χ1) is 9.24. The van der Waals surface area contributed by atoms with Crippen LogP contribution in [-0.2, 0) is 11.2 Å². The fourth-order valence-corrected chi connectivity index (χ4v) is 2.77. The summed E-state index contributed by atoms with van der Waals surface area (Å²) in [6, 6.07) is 10.1. The van der Waals surface area contributed by atoms with Crippen molar-refractivity contribution < 1.29 is 4.79 Å². The minimum absolute atomic E-state index is 0.00453. The van der Waals surface area contributed by atoms with Crippen molar-refractivity contribution in [3.63, 3.8) is 0 Å². The third-order valence-corrected chi connectivity index (χ3v) is 3.82. The number of aryl methyl sites for hydroxylation is 1. The van der Waals surface area contributed by atoms with E-state index >= 15 is 0 Å². The molecular weight excluding hydrogens is 236 g/mol. The van der Waals surface area contributed by atoms with Crippen molar-refractivity contribution in [2.24, 2.45) is 0 Å². The number of benzene rings is 1. The number of nitrogens with zero attached hydrogens (tertiary/aromatic N) is 1. The lowest BCUT2D eigenvalue weighted by molar-refractivity contribution is -0.121. The lowest BCUT2D eigenvalue weighted by Crippen LogP contribution is -2.34. The summed E-state index contributed by atoms with van der Waals surface area (Å²) in [6.45, 7) is 1.91. The Morgan fingerprint density at radius 2 is 2.32 bits per heavy atom. The zero-order valence-electron chi connectivity index (χ0n) is 11.4. The lowest BCUT2D eigenvalue weighted by atomic mass is 9.81. The van der Waals surface area contributed by atoms with Gasteiger partial charge in [-0.15, -0.1) is 0 Å². The summed E-state index contributed by atoms with van der Waals surface area (Å²) in [5.74, 6) is 0.302. The average molecular weight is 256 g/mol. The van der Waals surface area contributed by atoms with Gasteiger partial charge in [0.25, 0.3) is 0 Å². The SMILES string of the molecule is CC[C@H](C#N)NC(=O)C[C@@H]1CCCc2ccccc21. The normalized spacial score (nSPS) is 19.1. The van der Waals surface area contributed by atoms with E-state index < -0.39 is 0 Å². The van der Waals surface area contributed by atoms with E-state index in [2.05, 4.69) is 29.6 Å². The van der Waals surface area contributed by atoms with Crippen LogP contribution in [0.2, 0.25) is 0 Å². The minimum Gasteiger partial charge on any atom is -0.340 e. The van der Waals surface area contributed by atoms with E-state index in [-0.39, 0.29) is 11.9 Å². The van der Waals surface area contributed by atoms with Crippen molar-refractivity contribution in [1.29, 1.82) is 5.26 Å². The standard InChI is InChI=1S/C16H20N2O/c1-2-14(11-17)18-16(19)10-13-8-5-7-12-6-3-4-9-15(12)13/h3-4,6,9,13-14H,2,5,7-8,10H2,1H3,(H,18,19)/t13-,14+/m0/s1. The van der Waals surface area contributed by atoms with Crippen LogP contribution in [0.25, 0.3) is 0 Å². The Morgan fingerprint density at radius 1 is 1.53 bits per heavy atom. The van der Waals surface area contributed by atoms with Crippen molar-refractivity contribution >= 4 is 5.91 Å². The van der Waals surface area contributed by atoms with Crippen molar-refractivity contribution in [2.75, 3.05) is 0 Å². The van der Waals surface area contributed by atoms with Gasteiger partial charge in [0.2, 0.25) is 5.91 Å². The second kappa shape index (κ2) is 6.38. The maximum atomic E-state index is 12.0. The molecule has 2 rings (SSSR count). The molecule has 1 amide bonds. The average Bonchev–Trinajstić information content (AvgIpc) is 2.45. The highest BCUT2D eigenvalue weighted by Crippen LogP contribution is 2.33. The number of hydrogen-bond acceptors (Lipinski definition) is 2. The highest BCUT2D eigenvalue weighted by atomic mass is 16.1. The molecule has 0 saturated carbocycles. The van der Waals surface area contributed by atoms with Crippen LogP contribution < -0.4 is 5.32 Å². The number of carbonyl (C=O) groups excluding carboxylic acids is 1. The number of rotatable bonds is 4. The van der Waals surface area contributed by atoms with Gasteiger partial charge >= 0.3 is 0 Å². The van der Waals surface area contributed by atoms with Gasteiger partial charge < -0.3 is 5.32 Å². The molecule has 1 N–H and O–H groups in total. The van der Waals surface area contributed by atoms with E-state index in [1.807, 2.05) is 13.0 Å². The predicted octanol–water partition coefficient (Wildman–Crippen LogP) is 2.91. The molecule has 0 spiro atoms. The number of fused-ring (bicyclic) bond motifs is 1. The van der Waals surface area contributed by atoms with Crippen LogP contribution in [0.3, 0.4) is 0 Å². The van der Waals surface area contributed by atoms with Crippen LogP contribution in [0.1, 0.15) is 49.7 Å². The molecule has 3 heteroatoms. The maximum Gasteiger partial charge on any atom is 0.221 e. The van der Waals surface area contributed by atoms with Crippen molar-refractivity contribution in [2.45, 2.75) is 51.0 Å². The van der Waals surface area contributed by atoms with Gasteiger partial charge in [-0.25, -0.2) is 0 Å². The molecule has 1 aliphatic carbocycles. The van der Waals surface area contributed by atoms with Gasteiger partial charge in [0.05, 0.1) is 6.07 Å². The Bertz CT molecular complexity index is 490. The molecular formula is C16H20N2O. The molecule has 0 heterocycles. The number of hydrogen-bond donors (Lipinski definition) is 1. The molecule has 1 aromatic carbocycles. The quantitative estimate of drug-likeness (QED) is 0.900. The van der Waals surface area contributed by atoms with Crippen LogP contribution >= 0.6 is 0 Å². The molecule has 2 atom stereocenters. The summed E-state index contributed by atoms with van der Waals surface area (Å²) in [4.78, 5) is 12.0. The maximum absolute atomic E-state index is 12.0. The molecule has 0 bridgehead atoms. The topological polar surface area (TPSA) is 52.9 Å². The predicted molar refractivity (Wildman–Crippen MR) is 74.6 cm³/mol. The van der Waals surface area contributed by atoms with Gasteiger partial charge in [-0.05, 0) is 42.7 Å². The molecule has 19 heavy (non-hydrogen) atoms. The number of nitriles is 1. The lowest BCUT2D eigenvalue weighted by Gasteiger charge is -2.25. The summed E-state index contributed by atoms with van der Waals surface area (Å²) in [5.41, 5.74) is 2.69. The monoisotopic (exact) mass is 256 g/mol. The molecule has 100 valence electrons. The molecule has 0 unspecified atom stereocenters. The summed E-state index contributed by atoms with van der Waals surface area (Å²) in [5, 5.41) is 11.7. The van der Waals surface area contributed by atoms with Crippen LogP contribution in [-0.4, -0.2) is 11.9 Å². The number of carbonyl (C=O) groups is 1. The van der Waals surface area contributed by atoms with Gasteiger partial charge in [-0.2, -0.15) is 5.26 Å². The van der Waals surface area contributed by atoms with Crippen LogP contribution in [0.4, 0.5) is 0 Å². The fourth-order valence-electron chi connectivity index (χ4n) is 2.77. The van der Waals surface area contributed by atoms with Gasteiger partial charge in [0.15, 0.2) is 0 Å². The zero-order chi connectivity index (χ0) is 13.7. The smallest absolute Gasteiger partial charge is 0.221 e. The molecule has 0 aromatic heterocycles. The molecule has 1 aliphatic rings. The minimum atomic E-state index is -0.355. The van der Waals surface area contributed by atoms with Crippen molar-refractivity contribution in [3.05, 3.63) is 35.4 Å². The third kappa shape index (κ3) is 3.35. The largest absolute Gasteiger partial charge is 0.340 e. The molecule has 0 fully saturated rings. The van der Waals surface area contributed by atoms with E-state index in [0.717, 1.165) is 19.3 Å². The Hall–Kier alpha value is -1.82. The van der Waals surface area contributed by atoms with E-state index in [9.17, 15) is 4.79 Å². The fraction of sp³-hybridized carbons (Fsp3) is 0.500. The van der Waals surface area contributed by atoms with E-state index in [1.54, 1.807) is 0 Å². The van der Waals surface area contributed by atoms with E-state index in [0.29, 0.717) is 18.8 Å². The molecule has 3 nitrogen and oxygen atoms in total. The second-order valence-corrected chi connectivity index (χ2v) is 5.15. The second-order valence-electron chi connectivity index (χ2n) is 5.15. The first-order valence-corrected chi connectivity index (χ1v) is 7.01. The molecule has 0 radical (unpaired) electrons. The Kier molecular flexibility index (Phi) is 4.57. The number of nitrogens with one attached hydrogen (secondary N) is 1. The first kappa shape index (κ1) is 13.6.